The third kappa shape index (κ3) is 3.62. The van der Waals surface area contributed by atoms with Gasteiger partial charge in [-0.05, 0) is 35.4 Å². The topological polar surface area (TPSA) is 34.1 Å². The lowest BCUT2D eigenvalue weighted by Crippen LogP contribution is -1.96. The molecular weight excluding hydrogens is 236 g/mol. The van der Waals surface area contributed by atoms with Gasteiger partial charge in [0.1, 0.15) is 13.6 Å². The van der Waals surface area contributed by atoms with E-state index in [4.69, 9.17) is 9.59 Å². The summed E-state index contributed by atoms with van der Waals surface area (Å²) >= 11 is 0. The molecule has 0 heterocycles. The number of carbonyl (C=O) groups excluding carboxylic acids is 2. The first kappa shape index (κ1) is 14.8. The summed E-state index contributed by atoms with van der Waals surface area (Å²) in [5.74, 6) is 0.698. The molecule has 98 valence electrons. The smallest absolute Gasteiger partial charge is 0.106 e. The zero-order valence-electron chi connectivity index (χ0n) is 10.9. The first-order valence-electron chi connectivity index (χ1n) is 6.13. The van der Waals surface area contributed by atoms with E-state index in [9.17, 15) is 0 Å². The van der Waals surface area contributed by atoms with Crippen molar-refractivity contribution in [1.29, 1.82) is 0 Å². The molecular formula is C17H18O2. The lowest BCUT2D eigenvalue weighted by molar-refractivity contribution is -0.0987. The van der Waals surface area contributed by atoms with Crippen molar-refractivity contribution in [2.24, 2.45) is 0 Å². The highest BCUT2D eigenvalue weighted by molar-refractivity contribution is 5.37. The van der Waals surface area contributed by atoms with Gasteiger partial charge in [-0.15, -0.1) is 0 Å². The van der Waals surface area contributed by atoms with E-state index in [-0.39, 0.29) is 0 Å². The van der Waals surface area contributed by atoms with Crippen LogP contribution in [0.25, 0.3) is 0 Å². The Kier molecular flexibility index (Phi) is 6.23. The Morgan fingerprint density at radius 2 is 1.11 bits per heavy atom. The summed E-state index contributed by atoms with van der Waals surface area (Å²) in [5.41, 5.74) is 4.55. The second kappa shape index (κ2) is 7.98. The second-order valence-corrected chi connectivity index (χ2v) is 4.28. The van der Waals surface area contributed by atoms with Crippen LogP contribution in [0.2, 0.25) is 0 Å². The summed E-state index contributed by atoms with van der Waals surface area (Å²) < 4.78 is 0. The van der Waals surface area contributed by atoms with Crippen LogP contribution in [0, 0.1) is 0 Å². The number of benzene rings is 2. The molecule has 19 heavy (non-hydrogen) atoms. The Morgan fingerprint density at radius 3 is 1.58 bits per heavy atom. The van der Waals surface area contributed by atoms with Gasteiger partial charge in [0.05, 0.1) is 0 Å². The standard InChI is InChI=1S/C15H14.2CH2O/c1-2-6-12(7-3-1)15-10-13-8-4-5-9-14(13)11-15;2*1-2/h1-9,15H,10-11H2;2*1H2. The van der Waals surface area contributed by atoms with Gasteiger partial charge in [0.2, 0.25) is 0 Å². The van der Waals surface area contributed by atoms with E-state index in [2.05, 4.69) is 54.6 Å². The molecule has 0 amide bonds. The van der Waals surface area contributed by atoms with Crippen molar-refractivity contribution >= 4 is 13.6 Å². The maximum absolute atomic E-state index is 8.00. The normalized spacial score (nSPS) is 12.4. The van der Waals surface area contributed by atoms with E-state index in [1.165, 1.54) is 29.5 Å². The molecule has 1 aliphatic rings. The summed E-state index contributed by atoms with van der Waals surface area (Å²) in [7, 11) is 0. The minimum Gasteiger partial charge on any atom is -0.307 e. The molecule has 3 rings (SSSR count). The van der Waals surface area contributed by atoms with Gasteiger partial charge in [-0.2, -0.15) is 0 Å². The molecule has 2 aromatic rings. The molecule has 2 aromatic carbocycles. The average Bonchev–Trinajstić information content (AvgIpc) is 2.96. The lowest BCUT2D eigenvalue weighted by Gasteiger charge is -2.08. The molecule has 0 radical (unpaired) electrons. The fourth-order valence-corrected chi connectivity index (χ4v) is 2.52. The van der Waals surface area contributed by atoms with Crippen LogP contribution >= 0.6 is 0 Å². The van der Waals surface area contributed by atoms with Gasteiger partial charge in [-0.3, -0.25) is 0 Å². The summed E-state index contributed by atoms with van der Waals surface area (Å²) in [4.78, 5) is 16.0. The van der Waals surface area contributed by atoms with Crippen LogP contribution in [-0.4, -0.2) is 13.6 Å². The molecule has 0 bridgehead atoms. The van der Waals surface area contributed by atoms with Crippen molar-refractivity contribution in [1.82, 2.24) is 0 Å². The molecule has 0 saturated heterocycles. The number of rotatable bonds is 1. The minimum absolute atomic E-state index is 0.698. The highest BCUT2D eigenvalue weighted by Gasteiger charge is 2.21. The van der Waals surface area contributed by atoms with Crippen molar-refractivity contribution in [3.05, 3.63) is 71.3 Å². The van der Waals surface area contributed by atoms with E-state index in [1.54, 1.807) is 0 Å². The summed E-state index contributed by atoms with van der Waals surface area (Å²) in [5, 5.41) is 0. The monoisotopic (exact) mass is 254 g/mol. The fourth-order valence-electron chi connectivity index (χ4n) is 2.52. The highest BCUT2D eigenvalue weighted by Crippen LogP contribution is 2.33. The molecule has 2 nitrogen and oxygen atoms in total. The Balaban J connectivity index is 0.000000415. The summed E-state index contributed by atoms with van der Waals surface area (Å²) in [6.07, 6.45) is 2.42. The fraction of sp³-hybridized carbons (Fsp3) is 0.176. The predicted octanol–water partition coefficient (Wildman–Crippen LogP) is 3.20. The lowest BCUT2D eigenvalue weighted by atomic mass is 9.96. The largest absolute Gasteiger partial charge is 0.307 e. The second-order valence-electron chi connectivity index (χ2n) is 4.28. The number of carbonyl (C=O) groups is 2. The van der Waals surface area contributed by atoms with E-state index < -0.39 is 0 Å². The van der Waals surface area contributed by atoms with Crippen LogP contribution in [0.1, 0.15) is 22.6 Å². The van der Waals surface area contributed by atoms with Crippen LogP contribution in [-0.2, 0) is 22.4 Å². The summed E-state index contributed by atoms with van der Waals surface area (Å²) in [6.45, 7) is 4.00. The Bertz CT molecular complexity index is 467. The van der Waals surface area contributed by atoms with Gasteiger partial charge in [-0.25, -0.2) is 0 Å². The van der Waals surface area contributed by atoms with Crippen LogP contribution in [0.5, 0.6) is 0 Å². The van der Waals surface area contributed by atoms with Crippen molar-refractivity contribution in [3.8, 4) is 0 Å². The van der Waals surface area contributed by atoms with Gasteiger partial charge in [0.15, 0.2) is 0 Å². The molecule has 0 saturated carbocycles. The van der Waals surface area contributed by atoms with Crippen LogP contribution in [0.3, 0.4) is 0 Å². The van der Waals surface area contributed by atoms with Gasteiger partial charge in [0.25, 0.3) is 0 Å². The minimum atomic E-state index is 0.698. The number of fused-ring (bicyclic) bond motifs is 1. The molecule has 0 aromatic heterocycles. The highest BCUT2D eigenvalue weighted by atomic mass is 16.1. The van der Waals surface area contributed by atoms with Crippen LogP contribution in [0.4, 0.5) is 0 Å². The van der Waals surface area contributed by atoms with E-state index >= 15 is 0 Å². The van der Waals surface area contributed by atoms with Crippen LogP contribution < -0.4 is 0 Å². The quantitative estimate of drug-likeness (QED) is 0.783. The maximum atomic E-state index is 8.00. The van der Waals surface area contributed by atoms with Gasteiger partial charge < -0.3 is 9.59 Å². The maximum Gasteiger partial charge on any atom is 0.106 e. The summed E-state index contributed by atoms with van der Waals surface area (Å²) in [6, 6.07) is 19.7. The predicted molar refractivity (Wildman–Crippen MR) is 77.3 cm³/mol. The average molecular weight is 254 g/mol. The SMILES string of the molecule is C=O.C=O.c1ccc(C2Cc3ccccc3C2)cc1. The molecule has 0 spiro atoms. The number of hydrogen-bond acceptors (Lipinski definition) is 2. The van der Waals surface area contributed by atoms with E-state index in [0.717, 1.165) is 0 Å². The zero-order chi connectivity index (χ0) is 14.1. The van der Waals surface area contributed by atoms with Crippen molar-refractivity contribution in [3.63, 3.8) is 0 Å². The first-order valence-corrected chi connectivity index (χ1v) is 6.13. The third-order valence-corrected chi connectivity index (χ3v) is 3.32. The molecule has 0 fully saturated rings. The molecule has 0 atom stereocenters. The van der Waals surface area contributed by atoms with Crippen LogP contribution in [0.15, 0.2) is 54.6 Å². The molecule has 1 aliphatic carbocycles. The first-order chi connectivity index (χ1) is 9.43. The van der Waals surface area contributed by atoms with Gasteiger partial charge in [0, 0.05) is 0 Å². The van der Waals surface area contributed by atoms with Gasteiger partial charge in [-0.1, -0.05) is 54.6 Å². The molecule has 0 aliphatic heterocycles. The molecule has 0 N–H and O–H groups in total. The Morgan fingerprint density at radius 1 is 0.684 bits per heavy atom. The van der Waals surface area contributed by atoms with Gasteiger partial charge >= 0.3 is 0 Å². The van der Waals surface area contributed by atoms with Crippen molar-refractivity contribution < 1.29 is 9.59 Å². The zero-order valence-corrected chi connectivity index (χ0v) is 10.9. The molecule has 0 unspecified atom stereocenters. The van der Waals surface area contributed by atoms with Crippen molar-refractivity contribution in [2.75, 3.05) is 0 Å². The number of hydrogen-bond donors (Lipinski definition) is 0. The van der Waals surface area contributed by atoms with E-state index in [0.29, 0.717) is 5.92 Å². The Hall–Kier alpha value is -2.22. The van der Waals surface area contributed by atoms with E-state index in [1.807, 2.05) is 13.6 Å². The Labute approximate surface area is 114 Å². The third-order valence-electron chi connectivity index (χ3n) is 3.32. The van der Waals surface area contributed by atoms with Crippen molar-refractivity contribution in [2.45, 2.75) is 18.8 Å². The molecule has 2 heteroatoms.